The zero-order valence-electron chi connectivity index (χ0n) is 17.0. The maximum absolute atomic E-state index is 13.0. The standard InChI is InChI=1S/C19H23N5O4S2/c1-11-8-14(22-21-11)16-17-18(29(25)23-16)13(19(4-5-19)30(3,26)27)9-15(20-17)24-6-7-28-10-12(24)2/h8-9,12H,4-7,10H2,1-3H3,(H,21,22)/t12-,29?/m1/s1. The summed E-state index contributed by atoms with van der Waals surface area (Å²) in [5.41, 5.74) is 2.85. The summed E-state index contributed by atoms with van der Waals surface area (Å²) in [4.78, 5) is 7.34. The molecule has 1 saturated carbocycles. The highest BCUT2D eigenvalue weighted by Gasteiger charge is 2.56. The van der Waals surface area contributed by atoms with Crippen LogP contribution in [0.1, 0.15) is 42.4 Å². The average Bonchev–Trinajstić information content (AvgIpc) is 3.32. The van der Waals surface area contributed by atoms with Crippen LogP contribution in [0.15, 0.2) is 21.4 Å². The van der Waals surface area contributed by atoms with Crippen molar-refractivity contribution in [1.29, 1.82) is 0 Å². The number of anilines is 1. The number of ether oxygens (including phenoxy) is 1. The molecule has 9 nitrogen and oxygen atoms in total. The van der Waals surface area contributed by atoms with E-state index < -0.39 is 25.6 Å². The minimum absolute atomic E-state index is 0.0884. The third kappa shape index (κ3) is 2.94. The van der Waals surface area contributed by atoms with Gasteiger partial charge in [0.1, 0.15) is 22.9 Å². The lowest BCUT2D eigenvalue weighted by molar-refractivity contribution is 0.0985. The molecule has 2 atom stereocenters. The molecule has 2 aromatic heterocycles. The number of aromatic amines is 1. The predicted octanol–water partition coefficient (Wildman–Crippen LogP) is 1.25. The first kappa shape index (κ1) is 19.8. The topological polar surface area (TPSA) is 118 Å². The predicted molar refractivity (Wildman–Crippen MR) is 113 cm³/mol. The number of fused-ring (bicyclic) bond motifs is 1. The fraction of sp³-hybridized carbons (Fsp3) is 0.526. The Labute approximate surface area is 177 Å². The van der Waals surface area contributed by atoms with Crippen LogP contribution in [0.3, 0.4) is 0 Å². The van der Waals surface area contributed by atoms with Gasteiger partial charge >= 0.3 is 0 Å². The van der Waals surface area contributed by atoms with Crippen LogP contribution in [0.4, 0.5) is 5.82 Å². The molecule has 5 rings (SSSR count). The molecule has 1 unspecified atom stereocenters. The zero-order valence-corrected chi connectivity index (χ0v) is 18.6. The quantitative estimate of drug-likeness (QED) is 0.746. The highest BCUT2D eigenvalue weighted by Crippen LogP contribution is 2.55. The summed E-state index contributed by atoms with van der Waals surface area (Å²) >= 11 is 0. The van der Waals surface area contributed by atoms with Gasteiger partial charge in [-0.3, -0.25) is 5.10 Å². The number of nitrogens with zero attached hydrogens (tertiary/aromatic N) is 4. The van der Waals surface area contributed by atoms with Crippen LogP contribution in [0.2, 0.25) is 0 Å². The highest BCUT2D eigenvalue weighted by molar-refractivity contribution is 7.92. The molecular formula is C19H23N5O4S2. The fourth-order valence-electron chi connectivity index (χ4n) is 4.24. The first-order valence-electron chi connectivity index (χ1n) is 9.84. The van der Waals surface area contributed by atoms with Crippen molar-refractivity contribution in [3.8, 4) is 0 Å². The van der Waals surface area contributed by atoms with Crippen molar-refractivity contribution in [2.75, 3.05) is 30.9 Å². The van der Waals surface area contributed by atoms with E-state index in [1.165, 1.54) is 6.26 Å². The number of hydrogen-bond acceptors (Lipinski definition) is 7. The van der Waals surface area contributed by atoms with Crippen molar-refractivity contribution in [2.24, 2.45) is 4.40 Å². The van der Waals surface area contributed by atoms with E-state index in [-0.39, 0.29) is 6.04 Å². The molecule has 0 bridgehead atoms. The van der Waals surface area contributed by atoms with Gasteiger partial charge in [0, 0.05) is 18.5 Å². The molecule has 0 amide bonds. The van der Waals surface area contributed by atoms with E-state index >= 15 is 0 Å². The average molecular weight is 450 g/mol. The summed E-state index contributed by atoms with van der Waals surface area (Å²) in [6.45, 7) is 5.70. The van der Waals surface area contributed by atoms with E-state index in [2.05, 4.69) is 19.5 Å². The Hall–Kier alpha value is -2.11. The second kappa shape index (κ2) is 6.69. The van der Waals surface area contributed by atoms with Crippen LogP contribution in [-0.2, 0) is 30.3 Å². The number of pyridine rings is 1. The lowest BCUT2D eigenvalue weighted by Crippen LogP contribution is -2.44. The van der Waals surface area contributed by atoms with Gasteiger partial charge in [-0.1, -0.05) is 0 Å². The molecule has 11 heteroatoms. The molecule has 0 aromatic carbocycles. The monoisotopic (exact) mass is 449 g/mol. The summed E-state index contributed by atoms with van der Waals surface area (Å²) < 4.78 is 47.4. The summed E-state index contributed by atoms with van der Waals surface area (Å²) in [5, 5.41) is 7.14. The highest BCUT2D eigenvalue weighted by atomic mass is 32.2. The van der Waals surface area contributed by atoms with E-state index in [9.17, 15) is 12.6 Å². The first-order chi connectivity index (χ1) is 14.2. The van der Waals surface area contributed by atoms with Gasteiger partial charge in [-0.2, -0.15) is 9.50 Å². The molecule has 160 valence electrons. The Bertz CT molecular complexity index is 1200. The van der Waals surface area contributed by atoms with Crippen LogP contribution < -0.4 is 4.90 Å². The molecule has 30 heavy (non-hydrogen) atoms. The Morgan fingerprint density at radius 2 is 2.10 bits per heavy atom. The van der Waals surface area contributed by atoms with E-state index in [0.29, 0.717) is 66.0 Å². The third-order valence-electron chi connectivity index (χ3n) is 6.05. The number of hydrogen-bond donors (Lipinski definition) is 1. The number of rotatable bonds is 4. The lowest BCUT2D eigenvalue weighted by Gasteiger charge is -2.35. The number of aromatic nitrogens is 3. The largest absolute Gasteiger partial charge is 0.377 e. The molecule has 2 aliphatic heterocycles. The van der Waals surface area contributed by atoms with E-state index in [1.54, 1.807) is 6.07 Å². The SMILES string of the molecule is Cc1cc(C2=NS(=O)c3c(C4(S(C)(=O)=O)CC4)cc(N4CCOC[C@H]4C)nc32)n[nH]1. The molecule has 0 radical (unpaired) electrons. The number of morpholine rings is 1. The normalized spacial score (nSPS) is 25.2. The summed E-state index contributed by atoms with van der Waals surface area (Å²) in [6.07, 6.45) is 2.27. The van der Waals surface area contributed by atoms with E-state index in [0.717, 1.165) is 5.69 Å². The molecular weight excluding hydrogens is 426 g/mol. The van der Waals surface area contributed by atoms with Crippen LogP contribution >= 0.6 is 0 Å². The smallest absolute Gasteiger partial charge is 0.175 e. The molecule has 0 spiro atoms. The summed E-state index contributed by atoms with van der Waals surface area (Å²) in [7, 11) is -5.14. The molecule has 1 saturated heterocycles. The van der Waals surface area contributed by atoms with Crippen LogP contribution in [0.5, 0.6) is 0 Å². The minimum atomic E-state index is -3.41. The molecule has 4 heterocycles. The van der Waals surface area contributed by atoms with Crippen LogP contribution in [-0.4, -0.2) is 65.6 Å². The van der Waals surface area contributed by atoms with Crippen molar-refractivity contribution in [3.05, 3.63) is 34.8 Å². The second-order valence-corrected chi connectivity index (χ2v) is 11.6. The Balaban J connectivity index is 1.74. The van der Waals surface area contributed by atoms with E-state index in [1.807, 2.05) is 19.9 Å². The maximum atomic E-state index is 13.0. The van der Waals surface area contributed by atoms with Gasteiger partial charge < -0.3 is 9.64 Å². The van der Waals surface area contributed by atoms with Crippen LogP contribution in [0.25, 0.3) is 0 Å². The van der Waals surface area contributed by atoms with Gasteiger partial charge in [0.25, 0.3) is 0 Å². The van der Waals surface area contributed by atoms with Crippen molar-refractivity contribution in [2.45, 2.75) is 42.4 Å². The third-order valence-corrected chi connectivity index (χ3v) is 9.21. The summed E-state index contributed by atoms with van der Waals surface area (Å²) in [6, 6.07) is 3.71. The van der Waals surface area contributed by atoms with Gasteiger partial charge in [-0.05, 0) is 44.4 Å². The fourth-order valence-corrected chi connectivity index (χ4v) is 6.90. The van der Waals surface area contributed by atoms with Crippen molar-refractivity contribution >= 4 is 32.4 Å². The molecule has 3 aliphatic rings. The zero-order chi connectivity index (χ0) is 21.3. The Morgan fingerprint density at radius 3 is 2.70 bits per heavy atom. The van der Waals surface area contributed by atoms with Crippen molar-refractivity contribution in [1.82, 2.24) is 15.2 Å². The molecule has 1 aliphatic carbocycles. The van der Waals surface area contributed by atoms with Gasteiger partial charge in [-0.15, -0.1) is 0 Å². The number of sulfone groups is 1. The minimum Gasteiger partial charge on any atom is -0.377 e. The van der Waals surface area contributed by atoms with Gasteiger partial charge in [-0.25, -0.2) is 17.6 Å². The van der Waals surface area contributed by atoms with E-state index in [4.69, 9.17) is 9.72 Å². The van der Waals surface area contributed by atoms with Crippen molar-refractivity contribution in [3.63, 3.8) is 0 Å². The number of nitrogens with one attached hydrogen (secondary N) is 1. The maximum Gasteiger partial charge on any atom is 0.175 e. The summed E-state index contributed by atoms with van der Waals surface area (Å²) in [5.74, 6) is 0.660. The Kier molecular flexibility index (Phi) is 4.42. The van der Waals surface area contributed by atoms with Gasteiger partial charge in [0.2, 0.25) is 0 Å². The van der Waals surface area contributed by atoms with Crippen molar-refractivity contribution < 1.29 is 17.4 Å². The van der Waals surface area contributed by atoms with Gasteiger partial charge in [0.05, 0.1) is 28.9 Å². The number of H-pyrrole nitrogens is 1. The second-order valence-electron chi connectivity index (χ2n) is 8.21. The molecule has 2 fully saturated rings. The number of aryl methyl sites for hydroxylation is 1. The van der Waals surface area contributed by atoms with Gasteiger partial charge in [0.15, 0.2) is 20.8 Å². The first-order valence-corrected chi connectivity index (χ1v) is 12.8. The molecule has 2 aromatic rings. The molecule has 1 N–H and O–H groups in total. The Morgan fingerprint density at radius 1 is 1.33 bits per heavy atom. The van der Waals surface area contributed by atoms with Crippen LogP contribution in [0, 0.1) is 6.92 Å². The lowest BCUT2D eigenvalue weighted by atomic mass is 10.1.